The number of anilines is 1. The molecule has 1 aliphatic rings. The molecule has 6 heteroatoms. The lowest BCUT2D eigenvalue weighted by molar-refractivity contribution is 0.0741. The van der Waals surface area contributed by atoms with Gasteiger partial charge in [-0.1, -0.05) is 12.1 Å². The first-order chi connectivity index (χ1) is 11.3. The van der Waals surface area contributed by atoms with Gasteiger partial charge in [0.15, 0.2) is 0 Å². The van der Waals surface area contributed by atoms with Crippen molar-refractivity contribution >= 4 is 22.6 Å². The highest BCUT2D eigenvalue weighted by Gasteiger charge is 2.24. The zero-order valence-corrected chi connectivity index (χ0v) is 12.6. The van der Waals surface area contributed by atoms with Crippen molar-refractivity contribution in [1.82, 2.24) is 19.9 Å². The summed E-state index contributed by atoms with van der Waals surface area (Å²) < 4.78 is 0. The van der Waals surface area contributed by atoms with E-state index in [4.69, 9.17) is 0 Å². The molecule has 2 aromatic heterocycles. The molecule has 6 nitrogen and oxygen atoms in total. The highest BCUT2D eigenvalue weighted by molar-refractivity contribution is 5.92. The molecule has 0 atom stereocenters. The molecule has 1 saturated heterocycles. The van der Waals surface area contributed by atoms with Gasteiger partial charge in [-0.15, -0.1) is 0 Å². The fourth-order valence-corrected chi connectivity index (χ4v) is 3.01. The fourth-order valence-electron chi connectivity index (χ4n) is 3.01. The first-order valence-electron chi connectivity index (χ1n) is 7.70. The van der Waals surface area contributed by atoms with Crippen molar-refractivity contribution in [1.29, 1.82) is 0 Å². The van der Waals surface area contributed by atoms with Crippen molar-refractivity contribution in [2.45, 2.75) is 0 Å². The van der Waals surface area contributed by atoms with E-state index in [1.54, 1.807) is 18.6 Å². The van der Waals surface area contributed by atoms with E-state index in [2.05, 4.69) is 25.9 Å². The van der Waals surface area contributed by atoms with Crippen LogP contribution in [-0.2, 0) is 0 Å². The number of pyridine rings is 1. The van der Waals surface area contributed by atoms with Gasteiger partial charge in [-0.2, -0.15) is 0 Å². The van der Waals surface area contributed by atoms with Crippen LogP contribution in [0.25, 0.3) is 11.0 Å². The molecule has 0 radical (unpaired) electrons. The summed E-state index contributed by atoms with van der Waals surface area (Å²) in [5.74, 6) is 0.00299. The monoisotopic (exact) mass is 307 g/mol. The van der Waals surface area contributed by atoms with Crippen molar-refractivity contribution in [3.63, 3.8) is 0 Å². The highest BCUT2D eigenvalue weighted by atomic mass is 16.2. The van der Waals surface area contributed by atoms with Gasteiger partial charge < -0.3 is 14.8 Å². The second-order valence-corrected chi connectivity index (χ2v) is 5.57. The van der Waals surface area contributed by atoms with Gasteiger partial charge in [0.25, 0.3) is 5.91 Å². The van der Waals surface area contributed by atoms with Gasteiger partial charge in [0.1, 0.15) is 11.2 Å². The predicted octanol–water partition coefficient (Wildman–Crippen LogP) is 1.92. The molecule has 1 aliphatic heterocycles. The third kappa shape index (κ3) is 2.52. The van der Waals surface area contributed by atoms with Crippen LogP contribution in [-0.4, -0.2) is 51.9 Å². The highest BCUT2D eigenvalue weighted by Crippen LogP contribution is 2.25. The molecule has 23 heavy (non-hydrogen) atoms. The molecule has 0 saturated carbocycles. The Morgan fingerprint density at radius 1 is 1.00 bits per heavy atom. The van der Waals surface area contributed by atoms with Gasteiger partial charge in [0.2, 0.25) is 0 Å². The molecule has 0 aliphatic carbocycles. The number of imidazole rings is 1. The third-order valence-corrected chi connectivity index (χ3v) is 4.22. The number of hydrogen-bond acceptors (Lipinski definition) is 4. The van der Waals surface area contributed by atoms with Crippen LogP contribution >= 0.6 is 0 Å². The van der Waals surface area contributed by atoms with Gasteiger partial charge in [-0.05, 0) is 24.3 Å². The Labute approximate surface area is 133 Å². The van der Waals surface area contributed by atoms with E-state index in [-0.39, 0.29) is 5.91 Å². The number of H-pyrrole nitrogens is 1. The predicted molar refractivity (Wildman–Crippen MR) is 88.4 cm³/mol. The Morgan fingerprint density at radius 3 is 2.65 bits per heavy atom. The number of aromatic amines is 1. The molecule has 1 amide bonds. The average molecular weight is 307 g/mol. The Kier molecular flexibility index (Phi) is 3.42. The number of fused-ring (bicyclic) bond motifs is 1. The molecule has 0 unspecified atom stereocenters. The Hall–Kier alpha value is -2.89. The number of rotatable bonds is 2. The quantitative estimate of drug-likeness (QED) is 0.785. The topological polar surface area (TPSA) is 65.1 Å². The molecule has 3 heterocycles. The number of nitrogens with one attached hydrogen (secondary N) is 1. The SMILES string of the molecule is O=C(c1ccccn1)N1CCN(c2cccc3[nH]cnc23)CC1. The van der Waals surface area contributed by atoms with Crippen molar-refractivity contribution < 1.29 is 4.79 Å². The van der Waals surface area contributed by atoms with Crippen LogP contribution in [0.5, 0.6) is 0 Å². The number of aromatic nitrogens is 3. The van der Waals surface area contributed by atoms with E-state index in [1.807, 2.05) is 29.2 Å². The van der Waals surface area contributed by atoms with Gasteiger partial charge in [0.05, 0.1) is 17.5 Å². The maximum Gasteiger partial charge on any atom is 0.272 e. The summed E-state index contributed by atoms with van der Waals surface area (Å²) in [6.45, 7) is 2.97. The summed E-state index contributed by atoms with van der Waals surface area (Å²) in [5.41, 5.74) is 3.65. The Morgan fingerprint density at radius 2 is 1.87 bits per heavy atom. The van der Waals surface area contributed by atoms with Crippen LogP contribution in [0.1, 0.15) is 10.5 Å². The van der Waals surface area contributed by atoms with Gasteiger partial charge >= 0.3 is 0 Å². The minimum Gasteiger partial charge on any atom is -0.366 e. The lowest BCUT2D eigenvalue weighted by Crippen LogP contribution is -2.49. The lowest BCUT2D eigenvalue weighted by atomic mass is 10.2. The second-order valence-electron chi connectivity index (χ2n) is 5.57. The van der Waals surface area contributed by atoms with Crippen LogP contribution < -0.4 is 4.90 Å². The van der Waals surface area contributed by atoms with E-state index < -0.39 is 0 Å². The molecular weight excluding hydrogens is 290 g/mol. The minimum absolute atomic E-state index is 0.00299. The van der Waals surface area contributed by atoms with Crippen molar-refractivity contribution in [3.8, 4) is 0 Å². The number of benzene rings is 1. The zero-order chi connectivity index (χ0) is 15.6. The van der Waals surface area contributed by atoms with Crippen molar-refractivity contribution in [3.05, 3.63) is 54.6 Å². The number of carbonyl (C=O) groups excluding carboxylic acids is 1. The molecule has 4 rings (SSSR count). The Balaban J connectivity index is 1.49. The number of carbonyl (C=O) groups is 1. The first kappa shape index (κ1) is 13.8. The van der Waals surface area contributed by atoms with Crippen LogP contribution in [0.15, 0.2) is 48.9 Å². The molecule has 1 N–H and O–H groups in total. The van der Waals surface area contributed by atoms with Crippen LogP contribution in [0.4, 0.5) is 5.69 Å². The van der Waals surface area contributed by atoms with E-state index in [0.717, 1.165) is 29.8 Å². The van der Waals surface area contributed by atoms with Crippen LogP contribution in [0, 0.1) is 0 Å². The Bertz CT molecular complexity index is 821. The van der Waals surface area contributed by atoms with Crippen LogP contribution in [0.3, 0.4) is 0 Å². The number of piperazine rings is 1. The zero-order valence-electron chi connectivity index (χ0n) is 12.6. The number of amides is 1. The fraction of sp³-hybridized carbons (Fsp3) is 0.235. The second kappa shape index (κ2) is 5.72. The smallest absolute Gasteiger partial charge is 0.272 e. The molecule has 1 aromatic carbocycles. The number of para-hydroxylation sites is 1. The van der Waals surface area contributed by atoms with Gasteiger partial charge in [-0.25, -0.2) is 4.98 Å². The first-order valence-corrected chi connectivity index (χ1v) is 7.70. The maximum atomic E-state index is 12.4. The van der Waals surface area contributed by atoms with E-state index in [1.165, 1.54) is 0 Å². The summed E-state index contributed by atoms with van der Waals surface area (Å²) in [6.07, 6.45) is 3.37. The minimum atomic E-state index is 0.00299. The largest absolute Gasteiger partial charge is 0.366 e. The number of hydrogen-bond donors (Lipinski definition) is 1. The summed E-state index contributed by atoms with van der Waals surface area (Å²) in [6, 6.07) is 11.6. The number of nitrogens with zero attached hydrogens (tertiary/aromatic N) is 4. The molecule has 3 aromatic rings. The average Bonchev–Trinajstić information content (AvgIpc) is 3.11. The molecular formula is C17H17N5O. The van der Waals surface area contributed by atoms with Crippen LogP contribution in [0.2, 0.25) is 0 Å². The third-order valence-electron chi connectivity index (χ3n) is 4.22. The van der Waals surface area contributed by atoms with Crippen molar-refractivity contribution in [2.75, 3.05) is 31.1 Å². The van der Waals surface area contributed by atoms with Gasteiger partial charge in [0, 0.05) is 32.4 Å². The molecule has 0 spiro atoms. The van der Waals surface area contributed by atoms with Gasteiger partial charge in [-0.3, -0.25) is 9.78 Å². The standard InChI is InChI=1S/C17H17N5O/c23-17(14-4-1-2-7-18-14)22-10-8-21(9-11-22)15-6-3-5-13-16(15)20-12-19-13/h1-7,12H,8-11H2,(H,19,20). The summed E-state index contributed by atoms with van der Waals surface area (Å²) in [5, 5.41) is 0. The normalized spacial score (nSPS) is 15.1. The lowest BCUT2D eigenvalue weighted by Gasteiger charge is -2.36. The molecule has 0 bridgehead atoms. The maximum absolute atomic E-state index is 12.4. The van der Waals surface area contributed by atoms with E-state index in [0.29, 0.717) is 18.8 Å². The van der Waals surface area contributed by atoms with Crippen molar-refractivity contribution in [2.24, 2.45) is 0 Å². The van der Waals surface area contributed by atoms with E-state index in [9.17, 15) is 4.79 Å². The molecule has 116 valence electrons. The summed E-state index contributed by atoms with van der Waals surface area (Å²) >= 11 is 0. The summed E-state index contributed by atoms with van der Waals surface area (Å²) in [4.78, 5) is 28.3. The molecule has 1 fully saturated rings. The summed E-state index contributed by atoms with van der Waals surface area (Å²) in [7, 11) is 0. The van der Waals surface area contributed by atoms with E-state index >= 15 is 0 Å².